The molecule has 0 aromatic heterocycles. The van der Waals surface area contributed by atoms with Crippen LogP contribution in [0.15, 0.2) is 24.3 Å². The first kappa shape index (κ1) is 13.6. The molecule has 17 heavy (non-hydrogen) atoms. The molecule has 0 unspecified atom stereocenters. The lowest BCUT2D eigenvalue weighted by atomic mass is 10.00. The Kier molecular flexibility index (Phi) is 4.23. The highest BCUT2D eigenvalue weighted by atomic mass is 19.1. The maximum Gasteiger partial charge on any atom is 0.226 e. The van der Waals surface area contributed by atoms with Gasteiger partial charge in [-0.1, -0.05) is 12.1 Å². The van der Waals surface area contributed by atoms with E-state index in [4.69, 9.17) is 5.73 Å². The fraction of sp³-hybridized carbons (Fsp3) is 0.462. The first-order chi connectivity index (χ1) is 7.81. The van der Waals surface area contributed by atoms with E-state index in [0.717, 1.165) is 0 Å². The summed E-state index contributed by atoms with van der Waals surface area (Å²) in [5.41, 5.74) is 5.72. The van der Waals surface area contributed by atoms with E-state index in [1.165, 1.54) is 11.0 Å². The van der Waals surface area contributed by atoms with E-state index < -0.39 is 5.82 Å². The number of carbonyl (C=O) groups excluding carboxylic acids is 1. The highest BCUT2D eigenvalue weighted by molar-refractivity contribution is 5.92. The Morgan fingerprint density at radius 2 is 2.00 bits per heavy atom. The lowest BCUT2D eigenvalue weighted by molar-refractivity contribution is -0.118. The van der Waals surface area contributed by atoms with Crippen LogP contribution in [0.5, 0.6) is 0 Å². The van der Waals surface area contributed by atoms with E-state index in [1.807, 2.05) is 13.8 Å². The Morgan fingerprint density at radius 1 is 1.41 bits per heavy atom. The van der Waals surface area contributed by atoms with Gasteiger partial charge in [-0.15, -0.1) is 0 Å². The summed E-state index contributed by atoms with van der Waals surface area (Å²) in [6.45, 7) is 3.73. The minimum absolute atomic E-state index is 0.131. The van der Waals surface area contributed by atoms with Crippen molar-refractivity contribution in [2.24, 2.45) is 5.73 Å². The third-order valence-corrected chi connectivity index (χ3v) is 2.57. The van der Waals surface area contributed by atoms with Crippen LogP contribution in [0.3, 0.4) is 0 Å². The smallest absolute Gasteiger partial charge is 0.226 e. The monoisotopic (exact) mass is 238 g/mol. The van der Waals surface area contributed by atoms with Crippen molar-refractivity contribution in [3.8, 4) is 0 Å². The van der Waals surface area contributed by atoms with Crippen LogP contribution < -0.4 is 10.6 Å². The Labute approximate surface area is 101 Å². The average molecular weight is 238 g/mol. The number of benzene rings is 1. The van der Waals surface area contributed by atoms with Crippen molar-refractivity contribution in [1.29, 1.82) is 0 Å². The Morgan fingerprint density at radius 3 is 2.53 bits per heavy atom. The largest absolute Gasteiger partial charge is 0.326 e. The lowest BCUT2D eigenvalue weighted by Crippen LogP contribution is -2.35. The maximum absolute atomic E-state index is 13.5. The van der Waals surface area contributed by atoms with E-state index in [9.17, 15) is 9.18 Å². The minimum atomic E-state index is -0.393. The second-order valence-corrected chi connectivity index (χ2v) is 4.89. The molecule has 0 heterocycles. The van der Waals surface area contributed by atoms with Gasteiger partial charge in [-0.2, -0.15) is 0 Å². The van der Waals surface area contributed by atoms with Gasteiger partial charge in [0.25, 0.3) is 0 Å². The first-order valence-corrected chi connectivity index (χ1v) is 5.61. The van der Waals surface area contributed by atoms with Gasteiger partial charge in [0.2, 0.25) is 5.91 Å². The molecule has 0 radical (unpaired) electrons. The van der Waals surface area contributed by atoms with Crippen LogP contribution in [0.4, 0.5) is 10.1 Å². The normalized spacial score (nSPS) is 11.4. The molecular weight excluding hydrogens is 219 g/mol. The number of halogens is 1. The van der Waals surface area contributed by atoms with Gasteiger partial charge in [-0.3, -0.25) is 4.79 Å². The zero-order valence-electron chi connectivity index (χ0n) is 10.5. The summed E-state index contributed by atoms with van der Waals surface area (Å²) >= 11 is 0. The molecule has 4 heteroatoms. The van der Waals surface area contributed by atoms with Crippen LogP contribution in [0.1, 0.15) is 26.7 Å². The summed E-state index contributed by atoms with van der Waals surface area (Å²) in [6.07, 6.45) is 0.888. The summed E-state index contributed by atoms with van der Waals surface area (Å²) in [5.74, 6) is -0.524. The number of anilines is 1. The summed E-state index contributed by atoms with van der Waals surface area (Å²) in [4.78, 5) is 13.2. The van der Waals surface area contributed by atoms with Gasteiger partial charge in [0, 0.05) is 19.0 Å². The molecule has 0 fully saturated rings. The molecular formula is C13H19FN2O. The lowest BCUT2D eigenvalue weighted by Gasteiger charge is -2.22. The van der Waals surface area contributed by atoms with Gasteiger partial charge in [0.15, 0.2) is 0 Å². The van der Waals surface area contributed by atoms with E-state index in [0.29, 0.717) is 18.5 Å². The number of rotatable bonds is 4. The van der Waals surface area contributed by atoms with Gasteiger partial charge in [0.05, 0.1) is 5.69 Å². The first-order valence-electron chi connectivity index (χ1n) is 5.61. The van der Waals surface area contributed by atoms with Crippen LogP contribution in [-0.4, -0.2) is 18.5 Å². The molecule has 0 aliphatic rings. The molecule has 0 aliphatic carbocycles. The Bertz CT molecular complexity index is 399. The van der Waals surface area contributed by atoms with Crippen LogP contribution in [0, 0.1) is 5.82 Å². The zero-order chi connectivity index (χ0) is 13.1. The third kappa shape index (κ3) is 4.15. The topological polar surface area (TPSA) is 46.3 Å². The molecule has 1 amide bonds. The highest BCUT2D eigenvalue weighted by Gasteiger charge is 2.18. The van der Waals surface area contributed by atoms with Crippen LogP contribution >= 0.6 is 0 Å². The molecule has 2 N–H and O–H groups in total. The van der Waals surface area contributed by atoms with Gasteiger partial charge in [-0.05, 0) is 32.4 Å². The average Bonchev–Trinajstić information content (AvgIpc) is 2.24. The van der Waals surface area contributed by atoms with Gasteiger partial charge >= 0.3 is 0 Å². The molecule has 0 saturated carbocycles. The Balaban J connectivity index is 2.68. The number of para-hydroxylation sites is 1. The number of carbonyl (C=O) groups is 1. The number of amides is 1. The fourth-order valence-electron chi connectivity index (χ4n) is 1.45. The second kappa shape index (κ2) is 5.27. The van der Waals surface area contributed by atoms with Crippen molar-refractivity contribution >= 4 is 11.6 Å². The number of nitrogens with zero attached hydrogens (tertiary/aromatic N) is 1. The van der Waals surface area contributed by atoms with Crippen LogP contribution in [0.25, 0.3) is 0 Å². The van der Waals surface area contributed by atoms with E-state index >= 15 is 0 Å². The van der Waals surface area contributed by atoms with Gasteiger partial charge < -0.3 is 10.6 Å². The number of hydrogen-bond acceptors (Lipinski definition) is 2. The predicted octanol–water partition coefficient (Wildman–Crippen LogP) is 2.31. The molecule has 1 aromatic rings. The van der Waals surface area contributed by atoms with E-state index in [1.54, 1.807) is 25.2 Å². The number of hydrogen-bond donors (Lipinski definition) is 1. The quantitative estimate of drug-likeness (QED) is 0.875. The minimum Gasteiger partial charge on any atom is -0.326 e. The molecule has 94 valence electrons. The second-order valence-electron chi connectivity index (χ2n) is 4.89. The SMILES string of the molecule is CN(C(=O)CCC(C)(C)N)c1ccccc1F. The standard InChI is InChI=1S/C13H19FN2O/c1-13(2,15)9-8-12(17)16(3)11-7-5-4-6-10(11)14/h4-7H,8-9,15H2,1-3H3. The van der Waals surface area contributed by atoms with Crippen molar-refractivity contribution < 1.29 is 9.18 Å². The molecule has 1 rings (SSSR count). The Hall–Kier alpha value is -1.42. The zero-order valence-corrected chi connectivity index (χ0v) is 10.5. The van der Waals surface area contributed by atoms with Gasteiger partial charge in [0.1, 0.15) is 5.82 Å². The summed E-state index contributed by atoms with van der Waals surface area (Å²) in [7, 11) is 1.57. The molecule has 0 bridgehead atoms. The summed E-state index contributed by atoms with van der Waals surface area (Å²) < 4.78 is 13.5. The highest BCUT2D eigenvalue weighted by Crippen LogP contribution is 2.19. The summed E-state index contributed by atoms with van der Waals surface area (Å²) in [6, 6.07) is 6.22. The maximum atomic E-state index is 13.5. The molecule has 0 atom stereocenters. The molecule has 0 aliphatic heterocycles. The fourth-order valence-corrected chi connectivity index (χ4v) is 1.45. The molecule has 0 saturated heterocycles. The van der Waals surface area contributed by atoms with Crippen molar-refractivity contribution in [3.63, 3.8) is 0 Å². The molecule has 1 aromatic carbocycles. The van der Waals surface area contributed by atoms with E-state index in [-0.39, 0.29) is 11.4 Å². The van der Waals surface area contributed by atoms with Crippen LogP contribution in [-0.2, 0) is 4.79 Å². The van der Waals surface area contributed by atoms with Crippen molar-refractivity contribution in [2.45, 2.75) is 32.2 Å². The van der Waals surface area contributed by atoms with E-state index in [2.05, 4.69) is 0 Å². The van der Waals surface area contributed by atoms with Crippen molar-refractivity contribution in [1.82, 2.24) is 0 Å². The molecule has 0 spiro atoms. The predicted molar refractivity (Wildman–Crippen MR) is 67.3 cm³/mol. The molecule has 3 nitrogen and oxygen atoms in total. The summed E-state index contributed by atoms with van der Waals surface area (Å²) in [5, 5.41) is 0. The third-order valence-electron chi connectivity index (χ3n) is 2.57. The van der Waals surface area contributed by atoms with Crippen molar-refractivity contribution in [3.05, 3.63) is 30.1 Å². The van der Waals surface area contributed by atoms with Gasteiger partial charge in [-0.25, -0.2) is 4.39 Å². The van der Waals surface area contributed by atoms with Crippen LogP contribution in [0.2, 0.25) is 0 Å². The van der Waals surface area contributed by atoms with Crippen molar-refractivity contribution in [2.75, 3.05) is 11.9 Å². The number of nitrogens with two attached hydrogens (primary N) is 1.